The number of hydrogen-bond acceptors (Lipinski definition) is 5. The molecule has 0 saturated carbocycles. The summed E-state index contributed by atoms with van der Waals surface area (Å²) in [6.45, 7) is 2.06. The van der Waals surface area contributed by atoms with Gasteiger partial charge in [0.1, 0.15) is 0 Å². The lowest BCUT2D eigenvalue weighted by atomic mass is 10.1. The number of nitrogens with one attached hydrogen (secondary N) is 1. The fourth-order valence-corrected chi connectivity index (χ4v) is 2.20. The first-order valence-corrected chi connectivity index (χ1v) is 6.16. The quantitative estimate of drug-likeness (QED) is 0.789. The summed E-state index contributed by atoms with van der Waals surface area (Å²) in [6, 6.07) is 3.50. The summed E-state index contributed by atoms with van der Waals surface area (Å²) in [5, 5.41) is 19.4. The van der Waals surface area contributed by atoms with E-state index in [0.717, 1.165) is 31.7 Å². The number of amides is 1. The number of aliphatic hydroxyl groups excluding tert-OH is 1. The predicted octanol–water partition coefficient (Wildman–Crippen LogP) is 0.0449. The van der Waals surface area contributed by atoms with Gasteiger partial charge in [0.2, 0.25) is 0 Å². The van der Waals surface area contributed by atoms with E-state index in [-0.39, 0.29) is 12.5 Å². The summed E-state index contributed by atoms with van der Waals surface area (Å²) in [5.41, 5.74) is 0.326. The number of nitrogens with zero attached hydrogens (tertiary/aromatic N) is 3. The molecule has 1 aliphatic heterocycles. The van der Waals surface area contributed by atoms with Gasteiger partial charge in [-0.2, -0.15) is 0 Å². The molecule has 1 aromatic heterocycles. The van der Waals surface area contributed by atoms with E-state index in [1.807, 2.05) is 6.07 Å². The van der Waals surface area contributed by atoms with Gasteiger partial charge in [0, 0.05) is 26.7 Å². The van der Waals surface area contributed by atoms with Gasteiger partial charge in [0.05, 0.1) is 0 Å². The molecule has 1 fully saturated rings. The van der Waals surface area contributed by atoms with Crippen molar-refractivity contribution in [1.29, 1.82) is 0 Å². The number of anilines is 1. The molecule has 2 N–H and O–H groups in total. The Morgan fingerprint density at radius 2 is 2.39 bits per heavy atom. The molecule has 1 unspecified atom stereocenters. The third-order valence-corrected chi connectivity index (χ3v) is 3.26. The van der Waals surface area contributed by atoms with Crippen molar-refractivity contribution in [3.8, 4) is 0 Å². The van der Waals surface area contributed by atoms with Crippen LogP contribution < -0.4 is 10.2 Å². The van der Waals surface area contributed by atoms with Crippen molar-refractivity contribution in [3.05, 3.63) is 17.8 Å². The molecular formula is C12H18N4O2. The van der Waals surface area contributed by atoms with Crippen LogP contribution in [0, 0.1) is 5.92 Å². The van der Waals surface area contributed by atoms with Gasteiger partial charge < -0.3 is 15.3 Å². The van der Waals surface area contributed by atoms with Gasteiger partial charge in [-0.1, -0.05) is 0 Å². The van der Waals surface area contributed by atoms with Crippen molar-refractivity contribution in [1.82, 2.24) is 15.5 Å². The molecule has 2 rings (SSSR count). The van der Waals surface area contributed by atoms with Crippen LogP contribution in [0.3, 0.4) is 0 Å². The maximum absolute atomic E-state index is 11.3. The van der Waals surface area contributed by atoms with Gasteiger partial charge in [-0.15, -0.1) is 10.2 Å². The third kappa shape index (κ3) is 2.76. The Morgan fingerprint density at radius 3 is 3.00 bits per heavy atom. The predicted molar refractivity (Wildman–Crippen MR) is 67.4 cm³/mol. The van der Waals surface area contributed by atoms with Gasteiger partial charge >= 0.3 is 0 Å². The van der Waals surface area contributed by atoms with Crippen LogP contribution in [0.15, 0.2) is 12.1 Å². The van der Waals surface area contributed by atoms with Gasteiger partial charge in [-0.25, -0.2) is 0 Å². The van der Waals surface area contributed by atoms with Crippen LogP contribution in [-0.4, -0.2) is 48.0 Å². The van der Waals surface area contributed by atoms with Crippen molar-refractivity contribution in [2.45, 2.75) is 12.8 Å². The van der Waals surface area contributed by atoms with E-state index in [9.17, 15) is 4.79 Å². The van der Waals surface area contributed by atoms with Crippen molar-refractivity contribution < 1.29 is 9.90 Å². The van der Waals surface area contributed by atoms with E-state index in [2.05, 4.69) is 20.4 Å². The Morgan fingerprint density at radius 1 is 1.56 bits per heavy atom. The molecule has 1 amide bonds. The topological polar surface area (TPSA) is 78.4 Å². The third-order valence-electron chi connectivity index (χ3n) is 3.26. The van der Waals surface area contributed by atoms with E-state index >= 15 is 0 Å². The molecule has 1 aliphatic rings. The van der Waals surface area contributed by atoms with E-state index in [0.29, 0.717) is 11.6 Å². The summed E-state index contributed by atoms with van der Waals surface area (Å²) in [7, 11) is 1.57. The van der Waals surface area contributed by atoms with Gasteiger partial charge in [-0.3, -0.25) is 4.79 Å². The van der Waals surface area contributed by atoms with Crippen LogP contribution in [0.5, 0.6) is 0 Å². The monoisotopic (exact) mass is 250 g/mol. The minimum absolute atomic E-state index is 0.228. The van der Waals surface area contributed by atoms with Crippen LogP contribution in [0.25, 0.3) is 0 Å². The largest absolute Gasteiger partial charge is 0.396 e. The number of aliphatic hydroxyl groups is 1. The molecule has 1 saturated heterocycles. The van der Waals surface area contributed by atoms with Crippen LogP contribution in [-0.2, 0) is 0 Å². The number of rotatable bonds is 4. The first kappa shape index (κ1) is 12.8. The summed E-state index contributed by atoms with van der Waals surface area (Å²) in [5.74, 6) is 1.09. The molecule has 0 aromatic carbocycles. The minimum Gasteiger partial charge on any atom is -0.396 e. The second-order valence-electron chi connectivity index (χ2n) is 4.47. The van der Waals surface area contributed by atoms with Crippen LogP contribution >= 0.6 is 0 Å². The molecule has 1 atom stereocenters. The number of carbonyl (C=O) groups is 1. The standard InChI is InChI=1S/C12H18N4O2/c1-13-12(18)10-2-3-11(15-14-10)16-6-4-9(8-16)5-7-17/h2-3,9,17H,4-8H2,1H3,(H,13,18). The second-order valence-corrected chi connectivity index (χ2v) is 4.47. The smallest absolute Gasteiger partial charge is 0.271 e. The molecule has 0 bridgehead atoms. The summed E-state index contributed by atoms with van der Waals surface area (Å²) in [6.07, 6.45) is 1.90. The molecule has 1 aromatic rings. The summed E-state index contributed by atoms with van der Waals surface area (Å²) >= 11 is 0. The van der Waals surface area contributed by atoms with Crippen molar-refractivity contribution >= 4 is 11.7 Å². The van der Waals surface area contributed by atoms with Gasteiger partial charge in [0.15, 0.2) is 11.5 Å². The van der Waals surface area contributed by atoms with Crippen molar-refractivity contribution in [2.75, 3.05) is 31.6 Å². The molecule has 0 spiro atoms. The normalized spacial score (nSPS) is 19.0. The number of hydrogen-bond donors (Lipinski definition) is 2. The fraction of sp³-hybridized carbons (Fsp3) is 0.583. The first-order valence-electron chi connectivity index (χ1n) is 6.16. The van der Waals surface area contributed by atoms with Crippen molar-refractivity contribution in [2.24, 2.45) is 5.92 Å². The highest BCUT2D eigenvalue weighted by molar-refractivity contribution is 5.91. The van der Waals surface area contributed by atoms with Gasteiger partial charge in [0.25, 0.3) is 5.91 Å². The maximum atomic E-state index is 11.3. The van der Waals surface area contributed by atoms with E-state index in [1.54, 1.807) is 13.1 Å². The average molecular weight is 250 g/mol. The molecule has 6 heteroatoms. The highest BCUT2D eigenvalue weighted by Gasteiger charge is 2.23. The molecule has 98 valence electrons. The van der Waals surface area contributed by atoms with Crippen molar-refractivity contribution in [3.63, 3.8) is 0 Å². The fourth-order valence-electron chi connectivity index (χ4n) is 2.20. The Bertz CT molecular complexity index is 407. The zero-order chi connectivity index (χ0) is 13.0. The lowest BCUT2D eigenvalue weighted by molar-refractivity contribution is 0.0957. The van der Waals surface area contributed by atoms with Crippen LogP contribution in [0.2, 0.25) is 0 Å². The number of carbonyl (C=O) groups excluding carboxylic acids is 1. The molecule has 18 heavy (non-hydrogen) atoms. The molecule has 0 aliphatic carbocycles. The lowest BCUT2D eigenvalue weighted by Gasteiger charge is -2.16. The SMILES string of the molecule is CNC(=O)c1ccc(N2CCC(CCO)C2)nn1. The second kappa shape index (κ2) is 5.77. The van der Waals surface area contributed by atoms with E-state index in [1.165, 1.54) is 0 Å². The number of aromatic nitrogens is 2. The molecule has 6 nitrogen and oxygen atoms in total. The first-order chi connectivity index (χ1) is 8.74. The van der Waals surface area contributed by atoms with E-state index < -0.39 is 0 Å². The van der Waals surface area contributed by atoms with Gasteiger partial charge in [-0.05, 0) is 30.9 Å². The highest BCUT2D eigenvalue weighted by atomic mass is 16.3. The Balaban J connectivity index is 2.00. The minimum atomic E-state index is -0.228. The Labute approximate surface area is 106 Å². The highest BCUT2D eigenvalue weighted by Crippen LogP contribution is 2.23. The van der Waals surface area contributed by atoms with Crippen LogP contribution in [0.1, 0.15) is 23.3 Å². The average Bonchev–Trinajstić information content (AvgIpc) is 2.87. The maximum Gasteiger partial charge on any atom is 0.271 e. The van der Waals surface area contributed by atoms with Crippen LogP contribution in [0.4, 0.5) is 5.82 Å². The molecular weight excluding hydrogens is 232 g/mol. The lowest BCUT2D eigenvalue weighted by Crippen LogP contribution is -2.23. The summed E-state index contributed by atoms with van der Waals surface area (Å²) in [4.78, 5) is 13.5. The Hall–Kier alpha value is -1.69. The molecule has 2 heterocycles. The summed E-state index contributed by atoms with van der Waals surface area (Å²) < 4.78 is 0. The van der Waals surface area contributed by atoms with E-state index in [4.69, 9.17) is 5.11 Å². The zero-order valence-electron chi connectivity index (χ0n) is 10.5. The Kier molecular flexibility index (Phi) is 4.09. The molecule has 0 radical (unpaired) electrons. The zero-order valence-corrected chi connectivity index (χ0v) is 10.5.